The topological polar surface area (TPSA) is 55.8 Å². The van der Waals surface area contributed by atoms with Gasteiger partial charge in [-0.2, -0.15) is 0 Å². The summed E-state index contributed by atoms with van der Waals surface area (Å²) in [5.41, 5.74) is -0.637. The van der Waals surface area contributed by atoms with Gasteiger partial charge in [-0.15, -0.1) is 0 Å². The summed E-state index contributed by atoms with van der Waals surface area (Å²) in [4.78, 5) is 11.1. The molecule has 1 heterocycles. The van der Waals surface area contributed by atoms with Crippen molar-refractivity contribution in [1.29, 1.82) is 0 Å². The zero-order valence-corrected chi connectivity index (χ0v) is 11.0. The van der Waals surface area contributed by atoms with Crippen LogP contribution in [0.4, 0.5) is 0 Å². The number of aliphatic carboxylic acids is 1. The van der Waals surface area contributed by atoms with E-state index in [9.17, 15) is 4.79 Å². The van der Waals surface area contributed by atoms with Crippen molar-refractivity contribution >= 4 is 5.97 Å². The van der Waals surface area contributed by atoms with Crippen LogP contribution < -0.4 is 0 Å². The lowest BCUT2D eigenvalue weighted by molar-refractivity contribution is -0.180. The SMILES string of the molecule is C[C@H]1C[C@@H]2OC(C)(C)O[C@]2(CC(=O)O)[C@@H](C)C1. The first-order valence-corrected chi connectivity index (χ1v) is 6.35. The lowest BCUT2D eigenvalue weighted by atomic mass is 9.69. The van der Waals surface area contributed by atoms with Gasteiger partial charge >= 0.3 is 5.97 Å². The average molecular weight is 242 g/mol. The Morgan fingerprint density at radius 1 is 1.35 bits per heavy atom. The summed E-state index contributed by atoms with van der Waals surface area (Å²) in [5, 5.41) is 9.13. The first kappa shape index (κ1) is 12.8. The van der Waals surface area contributed by atoms with Gasteiger partial charge in [-0.3, -0.25) is 4.79 Å². The van der Waals surface area contributed by atoms with Gasteiger partial charge in [0.05, 0.1) is 12.5 Å². The normalized spacial score (nSPS) is 44.4. The maximum absolute atomic E-state index is 11.1. The van der Waals surface area contributed by atoms with E-state index in [1.807, 2.05) is 13.8 Å². The fourth-order valence-corrected chi connectivity index (χ4v) is 3.48. The van der Waals surface area contributed by atoms with Crippen molar-refractivity contribution in [2.75, 3.05) is 0 Å². The Balaban J connectivity index is 2.31. The van der Waals surface area contributed by atoms with Crippen molar-refractivity contribution in [2.24, 2.45) is 11.8 Å². The molecule has 4 atom stereocenters. The highest BCUT2D eigenvalue weighted by molar-refractivity contribution is 5.68. The number of rotatable bonds is 2. The molecule has 17 heavy (non-hydrogen) atoms. The Morgan fingerprint density at radius 3 is 2.59 bits per heavy atom. The van der Waals surface area contributed by atoms with Crippen molar-refractivity contribution in [3.05, 3.63) is 0 Å². The predicted molar refractivity (Wildman–Crippen MR) is 62.6 cm³/mol. The molecule has 0 radical (unpaired) electrons. The highest BCUT2D eigenvalue weighted by Gasteiger charge is 2.59. The monoisotopic (exact) mass is 242 g/mol. The van der Waals surface area contributed by atoms with Crippen molar-refractivity contribution < 1.29 is 19.4 Å². The highest BCUT2D eigenvalue weighted by atomic mass is 16.8. The maximum Gasteiger partial charge on any atom is 0.306 e. The van der Waals surface area contributed by atoms with Gasteiger partial charge in [0.1, 0.15) is 5.60 Å². The third-order valence-electron chi connectivity index (χ3n) is 4.04. The second-order valence-electron chi connectivity index (χ2n) is 6.11. The summed E-state index contributed by atoms with van der Waals surface area (Å²) in [6, 6.07) is 0. The molecule has 1 saturated heterocycles. The molecular formula is C13H22O4. The van der Waals surface area contributed by atoms with Crippen LogP contribution in [0.25, 0.3) is 0 Å². The van der Waals surface area contributed by atoms with Gasteiger partial charge in [-0.05, 0) is 38.5 Å². The number of carboxylic acids is 1. The number of carboxylic acid groups (broad SMARTS) is 1. The van der Waals surface area contributed by atoms with Crippen molar-refractivity contribution in [3.8, 4) is 0 Å². The van der Waals surface area contributed by atoms with Gasteiger partial charge in [-0.25, -0.2) is 0 Å². The molecule has 0 aromatic carbocycles. The molecule has 2 aliphatic rings. The molecule has 2 rings (SSSR count). The van der Waals surface area contributed by atoms with Gasteiger partial charge in [0.15, 0.2) is 5.79 Å². The molecule has 4 heteroatoms. The zero-order valence-electron chi connectivity index (χ0n) is 11.0. The minimum Gasteiger partial charge on any atom is -0.481 e. The Bertz CT molecular complexity index is 325. The van der Waals surface area contributed by atoms with Crippen LogP contribution in [0, 0.1) is 11.8 Å². The third-order valence-corrected chi connectivity index (χ3v) is 4.04. The summed E-state index contributed by atoms with van der Waals surface area (Å²) < 4.78 is 11.9. The summed E-state index contributed by atoms with van der Waals surface area (Å²) in [5.74, 6) is -0.695. The van der Waals surface area contributed by atoms with E-state index in [0.717, 1.165) is 12.8 Å². The van der Waals surface area contributed by atoms with Gasteiger partial charge < -0.3 is 14.6 Å². The van der Waals surface area contributed by atoms with E-state index in [-0.39, 0.29) is 18.4 Å². The lowest BCUT2D eigenvalue weighted by Gasteiger charge is -2.43. The van der Waals surface area contributed by atoms with Crippen molar-refractivity contribution in [2.45, 2.75) is 64.4 Å². The van der Waals surface area contributed by atoms with Gasteiger partial charge in [0.25, 0.3) is 0 Å². The molecule has 98 valence electrons. The fourth-order valence-electron chi connectivity index (χ4n) is 3.48. The Kier molecular flexibility index (Phi) is 2.99. The highest BCUT2D eigenvalue weighted by Crippen LogP contribution is 2.51. The molecule has 0 aromatic heterocycles. The van der Waals surface area contributed by atoms with E-state index in [4.69, 9.17) is 14.6 Å². The molecule has 1 N–H and O–H groups in total. The molecule has 0 unspecified atom stereocenters. The Labute approximate surface area is 102 Å². The van der Waals surface area contributed by atoms with E-state index in [2.05, 4.69) is 13.8 Å². The second kappa shape index (κ2) is 3.95. The van der Waals surface area contributed by atoms with Gasteiger partial charge in [-0.1, -0.05) is 13.8 Å². The first-order chi connectivity index (χ1) is 7.75. The van der Waals surface area contributed by atoms with E-state index in [1.165, 1.54) is 0 Å². The number of fused-ring (bicyclic) bond motifs is 1. The number of hydrogen-bond donors (Lipinski definition) is 1. The number of ether oxygens (including phenoxy) is 2. The molecule has 1 aliphatic carbocycles. The maximum atomic E-state index is 11.1. The van der Waals surface area contributed by atoms with Crippen LogP contribution in [0.1, 0.15) is 47.0 Å². The molecule has 4 nitrogen and oxygen atoms in total. The predicted octanol–water partition coefficient (Wildman–Crippen LogP) is 2.42. The van der Waals surface area contributed by atoms with Crippen LogP contribution in [0.2, 0.25) is 0 Å². The molecule has 0 aromatic rings. The summed E-state index contributed by atoms with van der Waals surface area (Å²) in [6.07, 6.45) is 1.84. The standard InChI is InChI=1S/C13H22O4/c1-8-5-9(2)13(7-11(14)15)10(6-8)16-12(3,4)17-13/h8-10H,5-7H2,1-4H3,(H,14,15)/t8-,9+,10+,13-/m1/s1. The summed E-state index contributed by atoms with van der Waals surface area (Å²) in [6.45, 7) is 8.00. The fraction of sp³-hybridized carbons (Fsp3) is 0.923. The molecule has 1 saturated carbocycles. The van der Waals surface area contributed by atoms with Crippen LogP contribution in [-0.2, 0) is 14.3 Å². The minimum atomic E-state index is -0.808. The molecule has 2 fully saturated rings. The van der Waals surface area contributed by atoms with Crippen molar-refractivity contribution in [1.82, 2.24) is 0 Å². The minimum absolute atomic E-state index is 0.0367. The largest absolute Gasteiger partial charge is 0.481 e. The molecule has 0 amide bonds. The quantitative estimate of drug-likeness (QED) is 0.808. The second-order valence-corrected chi connectivity index (χ2v) is 6.11. The van der Waals surface area contributed by atoms with E-state index in [0.29, 0.717) is 5.92 Å². The van der Waals surface area contributed by atoms with Crippen LogP contribution >= 0.6 is 0 Å². The molecule has 1 aliphatic heterocycles. The Morgan fingerprint density at radius 2 is 2.00 bits per heavy atom. The number of hydrogen-bond acceptors (Lipinski definition) is 3. The van der Waals surface area contributed by atoms with Gasteiger partial charge in [0, 0.05) is 0 Å². The van der Waals surface area contributed by atoms with Gasteiger partial charge in [0.2, 0.25) is 0 Å². The zero-order chi connectivity index (χ0) is 12.8. The van der Waals surface area contributed by atoms with Crippen LogP contribution in [0.15, 0.2) is 0 Å². The Hall–Kier alpha value is -0.610. The molecule has 0 bridgehead atoms. The van der Waals surface area contributed by atoms with Crippen LogP contribution in [-0.4, -0.2) is 28.6 Å². The third kappa shape index (κ3) is 2.20. The smallest absolute Gasteiger partial charge is 0.306 e. The molecular weight excluding hydrogens is 220 g/mol. The average Bonchev–Trinajstić information content (AvgIpc) is 2.35. The summed E-state index contributed by atoms with van der Waals surface area (Å²) in [7, 11) is 0. The number of carbonyl (C=O) groups is 1. The van der Waals surface area contributed by atoms with E-state index in [1.54, 1.807) is 0 Å². The molecule has 0 spiro atoms. The first-order valence-electron chi connectivity index (χ1n) is 6.35. The summed E-state index contributed by atoms with van der Waals surface area (Å²) >= 11 is 0. The van der Waals surface area contributed by atoms with Crippen molar-refractivity contribution in [3.63, 3.8) is 0 Å². The van der Waals surface area contributed by atoms with E-state index < -0.39 is 17.4 Å². The van der Waals surface area contributed by atoms with E-state index >= 15 is 0 Å². The van der Waals surface area contributed by atoms with Crippen LogP contribution in [0.5, 0.6) is 0 Å². The van der Waals surface area contributed by atoms with Crippen LogP contribution in [0.3, 0.4) is 0 Å². The lowest BCUT2D eigenvalue weighted by Crippen LogP contribution is -2.52.